The molecule has 0 saturated heterocycles. The second-order valence-electron chi connectivity index (χ2n) is 2.75. The van der Waals surface area contributed by atoms with E-state index in [4.69, 9.17) is 5.11 Å². The maximum Gasteiger partial charge on any atom is 0.153 e. The zero-order chi connectivity index (χ0) is 8.43. The Morgan fingerprint density at radius 2 is 2.27 bits per heavy atom. The number of aliphatic hydroxyl groups is 1. The SMILES string of the molecule is Cc1nc(CC(C)O)nn1C. The van der Waals surface area contributed by atoms with E-state index in [1.54, 1.807) is 11.6 Å². The van der Waals surface area contributed by atoms with E-state index in [0.29, 0.717) is 12.2 Å². The first-order valence-electron chi connectivity index (χ1n) is 3.64. The topological polar surface area (TPSA) is 50.9 Å². The van der Waals surface area contributed by atoms with Gasteiger partial charge in [-0.25, -0.2) is 4.98 Å². The third-order valence-corrected chi connectivity index (χ3v) is 1.50. The molecule has 1 unspecified atom stereocenters. The Hall–Kier alpha value is -0.900. The molecule has 0 radical (unpaired) electrons. The van der Waals surface area contributed by atoms with Gasteiger partial charge in [-0.3, -0.25) is 4.68 Å². The lowest BCUT2D eigenvalue weighted by molar-refractivity contribution is 0.193. The molecule has 0 amide bonds. The van der Waals surface area contributed by atoms with E-state index in [-0.39, 0.29) is 6.10 Å². The summed E-state index contributed by atoms with van der Waals surface area (Å²) in [5.41, 5.74) is 0. The van der Waals surface area contributed by atoms with Crippen LogP contribution in [-0.4, -0.2) is 26.0 Å². The predicted molar refractivity (Wildman–Crippen MR) is 41.1 cm³/mol. The lowest BCUT2D eigenvalue weighted by atomic mass is 10.3. The molecule has 0 aromatic carbocycles. The molecular weight excluding hydrogens is 142 g/mol. The summed E-state index contributed by atoms with van der Waals surface area (Å²) in [6.45, 7) is 3.62. The van der Waals surface area contributed by atoms with Crippen LogP contribution >= 0.6 is 0 Å². The van der Waals surface area contributed by atoms with Crippen molar-refractivity contribution < 1.29 is 5.11 Å². The smallest absolute Gasteiger partial charge is 0.153 e. The van der Waals surface area contributed by atoms with Crippen molar-refractivity contribution in [3.8, 4) is 0 Å². The lowest BCUT2D eigenvalue weighted by Crippen LogP contribution is -2.06. The minimum atomic E-state index is -0.364. The molecule has 1 N–H and O–H groups in total. The lowest BCUT2D eigenvalue weighted by Gasteiger charge is -1.96. The predicted octanol–water partition coefficient (Wildman–Crippen LogP) is 0.0468. The number of hydrogen-bond acceptors (Lipinski definition) is 3. The van der Waals surface area contributed by atoms with Gasteiger partial charge in [0.05, 0.1) is 6.10 Å². The van der Waals surface area contributed by atoms with Crippen LogP contribution in [0.15, 0.2) is 0 Å². The van der Waals surface area contributed by atoms with Gasteiger partial charge in [0.25, 0.3) is 0 Å². The highest BCUT2D eigenvalue weighted by molar-refractivity contribution is 4.90. The maximum absolute atomic E-state index is 9.02. The van der Waals surface area contributed by atoms with Gasteiger partial charge >= 0.3 is 0 Å². The van der Waals surface area contributed by atoms with Gasteiger partial charge in [0, 0.05) is 13.5 Å². The number of nitrogens with zero attached hydrogens (tertiary/aromatic N) is 3. The summed E-state index contributed by atoms with van der Waals surface area (Å²) < 4.78 is 1.71. The van der Waals surface area contributed by atoms with Crippen LogP contribution in [-0.2, 0) is 13.5 Å². The first-order chi connectivity index (χ1) is 5.09. The van der Waals surface area contributed by atoms with E-state index in [1.807, 2.05) is 14.0 Å². The molecule has 4 nitrogen and oxygen atoms in total. The molecule has 0 bridgehead atoms. The Morgan fingerprint density at radius 1 is 1.64 bits per heavy atom. The zero-order valence-electron chi connectivity index (χ0n) is 7.07. The van der Waals surface area contributed by atoms with Gasteiger partial charge in [-0.15, -0.1) is 0 Å². The van der Waals surface area contributed by atoms with E-state index < -0.39 is 0 Å². The first kappa shape index (κ1) is 8.20. The average Bonchev–Trinajstić information content (AvgIpc) is 2.10. The summed E-state index contributed by atoms with van der Waals surface area (Å²) in [5.74, 6) is 1.58. The van der Waals surface area contributed by atoms with E-state index >= 15 is 0 Å². The fourth-order valence-corrected chi connectivity index (χ4v) is 0.878. The summed E-state index contributed by atoms with van der Waals surface area (Å²) in [4.78, 5) is 4.14. The zero-order valence-corrected chi connectivity index (χ0v) is 7.07. The van der Waals surface area contributed by atoms with Crippen LogP contribution in [0.4, 0.5) is 0 Å². The van der Waals surface area contributed by atoms with E-state index in [9.17, 15) is 0 Å². The van der Waals surface area contributed by atoms with E-state index in [2.05, 4.69) is 10.1 Å². The molecular formula is C7H13N3O. The molecule has 0 aliphatic rings. The van der Waals surface area contributed by atoms with Gasteiger partial charge in [-0.05, 0) is 13.8 Å². The fraction of sp³-hybridized carbons (Fsp3) is 0.714. The second kappa shape index (κ2) is 3.00. The highest BCUT2D eigenvalue weighted by atomic mass is 16.3. The Kier molecular flexibility index (Phi) is 2.24. The van der Waals surface area contributed by atoms with Crippen LogP contribution in [0.25, 0.3) is 0 Å². The normalized spacial score (nSPS) is 13.5. The van der Waals surface area contributed by atoms with Crippen molar-refractivity contribution in [3.05, 3.63) is 11.6 Å². The largest absolute Gasteiger partial charge is 0.393 e. The number of aliphatic hydroxyl groups excluding tert-OH is 1. The van der Waals surface area contributed by atoms with Crippen molar-refractivity contribution >= 4 is 0 Å². The maximum atomic E-state index is 9.02. The monoisotopic (exact) mass is 155 g/mol. The third kappa shape index (κ3) is 2.01. The molecule has 1 rings (SSSR count). The van der Waals surface area contributed by atoms with Crippen molar-refractivity contribution in [3.63, 3.8) is 0 Å². The first-order valence-corrected chi connectivity index (χ1v) is 3.64. The van der Waals surface area contributed by atoms with Gasteiger partial charge in [-0.1, -0.05) is 0 Å². The minimum absolute atomic E-state index is 0.364. The van der Waals surface area contributed by atoms with Gasteiger partial charge in [0.1, 0.15) is 5.82 Å². The molecule has 0 saturated carbocycles. The molecule has 62 valence electrons. The van der Waals surface area contributed by atoms with Crippen LogP contribution < -0.4 is 0 Å². The van der Waals surface area contributed by atoms with Gasteiger partial charge in [0.15, 0.2) is 5.82 Å². The standard InChI is InChI=1S/C7H13N3O/c1-5(11)4-7-8-6(2)10(3)9-7/h5,11H,4H2,1-3H3. The van der Waals surface area contributed by atoms with E-state index in [1.165, 1.54) is 0 Å². The average molecular weight is 155 g/mol. The van der Waals surface area contributed by atoms with Crippen LogP contribution in [0.2, 0.25) is 0 Å². The van der Waals surface area contributed by atoms with E-state index in [0.717, 1.165) is 5.82 Å². The van der Waals surface area contributed by atoms with Crippen molar-refractivity contribution in [2.24, 2.45) is 7.05 Å². The summed E-state index contributed by atoms with van der Waals surface area (Å²) in [5, 5.41) is 13.1. The highest BCUT2D eigenvalue weighted by Gasteiger charge is 2.05. The van der Waals surface area contributed by atoms with Crippen LogP contribution in [0.3, 0.4) is 0 Å². The molecule has 1 heterocycles. The number of aromatic nitrogens is 3. The molecule has 11 heavy (non-hydrogen) atoms. The highest BCUT2D eigenvalue weighted by Crippen LogP contribution is 1.98. The van der Waals surface area contributed by atoms with Crippen molar-refractivity contribution in [2.45, 2.75) is 26.4 Å². The van der Waals surface area contributed by atoms with Crippen LogP contribution in [0, 0.1) is 6.92 Å². The third-order valence-electron chi connectivity index (χ3n) is 1.50. The minimum Gasteiger partial charge on any atom is -0.393 e. The molecule has 1 aromatic heterocycles. The number of rotatable bonds is 2. The summed E-state index contributed by atoms with van der Waals surface area (Å²) in [7, 11) is 1.84. The Balaban J connectivity index is 2.73. The van der Waals surface area contributed by atoms with Crippen LogP contribution in [0.1, 0.15) is 18.6 Å². The fourth-order valence-electron chi connectivity index (χ4n) is 0.878. The van der Waals surface area contributed by atoms with Crippen molar-refractivity contribution in [1.29, 1.82) is 0 Å². The summed E-state index contributed by atoms with van der Waals surface area (Å²) in [6.07, 6.45) is 0.165. The Bertz CT molecular complexity index is 222. The van der Waals surface area contributed by atoms with Crippen molar-refractivity contribution in [2.75, 3.05) is 0 Å². The quantitative estimate of drug-likeness (QED) is 0.656. The molecule has 0 fully saturated rings. The summed E-state index contributed by atoms with van der Waals surface area (Å²) in [6, 6.07) is 0. The molecule has 0 aliphatic carbocycles. The van der Waals surface area contributed by atoms with Crippen molar-refractivity contribution in [1.82, 2.24) is 14.8 Å². The Morgan fingerprint density at radius 3 is 2.64 bits per heavy atom. The molecule has 4 heteroatoms. The second-order valence-corrected chi connectivity index (χ2v) is 2.75. The summed E-state index contributed by atoms with van der Waals surface area (Å²) >= 11 is 0. The molecule has 1 aromatic rings. The molecule has 1 atom stereocenters. The van der Waals surface area contributed by atoms with Crippen LogP contribution in [0.5, 0.6) is 0 Å². The van der Waals surface area contributed by atoms with Gasteiger partial charge in [0.2, 0.25) is 0 Å². The van der Waals surface area contributed by atoms with Gasteiger partial charge < -0.3 is 5.11 Å². The molecule has 0 aliphatic heterocycles. The number of hydrogen-bond donors (Lipinski definition) is 1. The molecule has 0 spiro atoms. The van der Waals surface area contributed by atoms with Gasteiger partial charge in [-0.2, -0.15) is 5.10 Å². The number of aryl methyl sites for hydroxylation is 2. The Labute approximate surface area is 65.9 Å².